The zero-order valence-electron chi connectivity index (χ0n) is 9.85. The second kappa shape index (κ2) is 6.46. The van der Waals surface area contributed by atoms with Gasteiger partial charge in [0.2, 0.25) is 0 Å². The van der Waals surface area contributed by atoms with Crippen molar-refractivity contribution in [3.8, 4) is 0 Å². The summed E-state index contributed by atoms with van der Waals surface area (Å²) < 4.78 is 0. The van der Waals surface area contributed by atoms with Crippen LogP contribution in [0, 0.1) is 5.92 Å². The molecule has 0 bridgehead atoms. The molecule has 0 aliphatic heterocycles. The van der Waals surface area contributed by atoms with Crippen molar-refractivity contribution in [3.05, 3.63) is 71.8 Å². The van der Waals surface area contributed by atoms with E-state index in [1.165, 1.54) is 11.1 Å². The molecule has 0 nitrogen and oxygen atoms in total. The van der Waals surface area contributed by atoms with E-state index in [-0.39, 0.29) is 0 Å². The van der Waals surface area contributed by atoms with E-state index >= 15 is 0 Å². The van der Waals surface area contributed by atoms with Gasteiger partial charge in [0.15, 0.2) is 0 Å². The van der Waals surface area contributed by atoms with Crippen LogP contribution in [0.1, 0.15) is 11.1 Å². The predicted molar refractivity (Wildman–Crippen MR) is 74.5 cm³/mol. The van der Waals surface area contributed by atoms with E-state index in [0.717, 1.165) is 12.8 Å². The van der Waals surface area contributed by atoms with Crippen molar-refractivity contribution in [1.82, 2.24) is 0 Å². The molecule has 2 aromatic carbocycles. The second-order valence-corrected chi connectivity index (χ2v) is 4.71. The van der Waals surface area contributed by atoms with Crippen molar-refractivity contribution in [3.63, 3.8) is 0 Å². The molecule has 88 valence electrons. The maximum absolute atomic E-state index is 6.07. The fourth-order valence-electron chi connectivity index (χ4n) is 2.08. The minimum Gasteiger partial charge on any atom is -0.126 e. The van der Waals surface area contributed by atoms with Gasteiger partial charge in [0.05, 0.1) is 0 Å². The van der Waals surface area contributed by atoms with Gasteiger partial charge >= 0.3 is 0 Å². The summed E-state index contributed by atoms with van der Waals surface area (Å²) in [5.41, 5.74) is 2.74. The van der Waals surface area contributed by atoms with E-state index in [0.29, 0.717) is 11.8 Å². The molecule has 0 aliphatic carbocycles. The highest BCUT2D eigenvalue weighted by Gasteiger charge is 2.09. The number of alkyl halides is 1. The number of benzene rings is 2. The third-order valence-corrected chi connectivity index (χ3v) is 3.39. The van der Waals surface area contributed by atoms with E-state index in [1.807, 2.05) is 0 Å². The Bertz CT molecular complexity index is 380. The Hall–Kier alpha value is -1.27. The Morgan fingerprint density at radius 2 is 1.12 bits per heavy atom. The number of hydrogen-bond acceptors (Lipinski definition) is 0. The van der Waals surface area contributed by atoms with Crippen molar-refractivity contribution in [1.29, 1.82) is 0 Å². The van der Waals surface area contributed by atoms with E-state index in [2.05, 4.69) is 60.7 Å². The topological polar surface area (TPSA) is 0 Å². The van der Waals surface area contributed by atoms with E-state index in [1.54, 1.807) is 0 Å². The molecule has 2 rings (SSSR count). The van der Waals surface area contributed by atoms with Crippen molar-refractivity contribution >= 4 is 11.6 Å². The van der Waals surface area contributed by atoms with Gasteiger partial charge in [-0.25, -0.2) is 0 Å². The highest BCUT2D eigenvalue weighted by Crippen LogP contribution is 2.16. The molecule has 0 N–H and O–H groups in total. The highest BCUT2D eigenvalue weighted by atomic mass is 35.5. The monoisotopic (exact) mass is 244 g/mol. The summed E-state index contributed by atoms with van der Waals surface area (Å²) in [6.45, 7) is 0. The average Bonchev–Trinajstić information content (AvgIpc) is 2.40. The molecule has 0 unspecified atom stereocenters. The first-order valence-electron chi connectivity index (χ1n) is 6.02. The summed E-state index contributed by atoms with van der Waals surface area (Å²) in [4.78, 5) is 0. The fourth-order valence-corrected chi connectivity index (χ4v) is 2.29. The van der Waals surface area contributed by atoms with E-state index in [9.17, 15) is 0 Å². The smallest absolute Gasteiger partial charge is 0.0258 e. The first kappa shape index (κ1) is 12.2. The zero-order valence-corrected chi connectivity index (χ0v) is 10.6. The lowest BCUT2D eigenvalue weighted by molar-refractivity contribution is 0.584. The first-order valence-corrected chi connectivity index (χ1v) is 6.56. The van der Waals surface area contributed by atoms with Crippen LogP contribution in [0.25, 0.3) is 0 Å². The Kier molecular flexibility index (Phi) is 4.63. The number of halogens is 1. The average molecular weight is 245 g/mol. The van der Waals surface area contributed by atoms with Crippen LogP contribution in [-0.2, 0) is 12.8 Å². The van der Waals surface area contributed by atoms with Gasteiger partial charge in [-0.1, -0.05) is 60.7 Å². The lowest BCUT2D eigenvalue weighted by Crippen LogP contribution is -2.10. The quantitative estimate of drug-likeness (QED) is 0.687. The van der Waals surface area contributed by atoms with E-state index in [4.69, 9.17) is 11.6 Å². The Morgan fingerprint density at radius 1 is 0.706 bits per heavy atom. The number of rotatable bonds is 5. The molecule has 1 heteroatoms. The first-order chi connectivity index (χ1) is 8.38. The summed E-state index contributed by atoms with van der Waals surface area (Å²) in [5, 5.41) is 0. The summed E-state index contributed by atoms with van der Waals surface area (Å²) in [5.74, 6) is 1.23. The summed E-state index contributed by atoms with van der Waals surface area (Å²) in [6.07, 6.45) is 2.11. The Balaban J connectivity index is 1.98. The molecule has 0 amide bonds. The van der Waals surface area contributed by atoms with Crippen LogP contribution in [0.2, 0.25) is 0 Å². The minimum absolute atomic E-state index is 0.515. The normalized spacial score (nSPS) is 10.7. The molecule has 0 aliphatic rings. The van der Waals surface area contributed by atoms with Crippen LogP contribution in [0.4, 0.5) is 0 Å². The molecule has 0 saturated heterocycles. The van der Waals surface area contributed by atoms with Gasteiger partial charge in [-0.15, -0.1) is 11.6 Å². The lowest BCUT2D eigenvalue weighted by atomic mass is 9.94. The molecule has 0 spiro atoms. The standard InChI is InChI=1S/C16H17Cl/c17-13-16(11-14-7-3-1-4-8-14)12-15-9-5-2-6-10-15/h1-10,16H,11-13H2. The summed E-state index contributed by atoms with van der Waals surface area (Å²) in [7, 11) is 0. The second-order valence-electron chi connectivity index (χ2n) is 4.40. The van der Waals surface area contributed by atoms with Gasteiger partial charge in [0.25, 0.3) is 0 Å². The lowest BCUT2D eigenvalue weighted by Gasteiger charge is -2.13. The van der Waals surface area contributed by atoms with Gasteiger partial charge in [0.1, 0.15) is 0 Å². The third kappa shape index (κ3) is 3.90. The molecule has 0 atom stereocenters. The van der Waals surface area contributed by atoms with Crippen molar-refractivity contribution in [2.24, 2.45) is 5.92 Å². The summed E-state index contributed by atoms with van der Waals surface area (Å²) in [6, 6.07) is 21.1. The van der Waals surface area contributed by atoms with Crippen LogP contribution >= 0.6 is 11.6 Å². The number of hydrogen-bond donors (Lipinski definition) is 0. The van der Waals surface area contributed by atoms with Gasteiger partial charge in [-0.05, 0) is 29.9 Å². The molecular weight excluding hydrogens is 228 g/mol. The Morgan fingerprint density at radius 3 is 1.47 bits per heavy atom. The van der Waals surface area contributed by atoms with Crippen molar-refractivity contribution in [2.45, 2.75) is 12.8 Å². The van der Waals surface area contributed by atoms with Crippen LogP contribution in [0.3, 0.4) is 0 Å². The highest BCUT2D eigenvalue weighted by molar-refractivity contribution is 6.18. The molecule has 0 saturated carbocycles. The van der Waals surface area contributed by atoms with E-state index < -0.39 is 0 Å². The van der Waals surface area contributed by atoms with Crippen LogP contribution in [-0.4, -0.2) is 5.88 Å². The summed E-state index contributed by atoms with van der Waals surface area (Å²) >= 11 is 6.07. The van der Waals surface area contributed by atoms with Gasteiger partial charge in [-0.3, -0.25) is 0 Å². The van der Waals surface area contributed by atoms with Crippen molar-refractivity contribution in [2.75, 3.05) is 5.88 Å². The van der Waals surface area contributed by atoms with Crippen LogP contribution < -0.4 is 0 Å². The fraction of sp³-hybridized carbons (Fsp3) is 0.250. The van der Waals surface area contributed by atoms with Crippen LogP contribution in [0.5, 0.6) is 0 Å². The molecule has 0 fully saturated rings. The van der Waals surface area contributed by atoms with Gasteiger partial charge in [-0.2, -0.15) is 0 Å². The molecular formula is C16H17Cl. The third-order valence-electron chi connectivity index (χ3n) is 2.95. The zero-order chi connectivity index (χ0) is 11.9. The maximum Gasteiger partial charge on any atom is 0.0258 e. The van der Waals surface area contributed by atoms with Crippen LogP contribution in [0.15, 0.2) is 60.7 Å². The predicted octanol–water partition coefficient (Wildman–Crippen LogP) is 4.33. The molecule has 0 aromatic heterocycles. The minimum atomic E-state index is 0.515. The molecule has 17 heavy (non-hydrogen) atoms. The molecule has 2 aromatic rings. The largest absolute Gasteiger partial charge is 0.126 e. The molecule has 0 radical (unpaired) electrons. The van der Waals surface area contributed by atoms with Gasteiger partial charge < -0.3 is 0 Å². The van der Waals surface area contributed by atoms with Crippen molar-refractivity contribution < 1.29 is 0 Å². The SMILES string of the molecule is ClCC(Cc1ccccc1)Cc1ccccc1. The van der Waals surface area contributed by atoms with Gasteiger partial charge in [0, 0.05) is 5.88 Å². The molecule has 0 heterocycles. The Labute approximate surface area is 108 Å². The maximum atomic E-state index is 6.07.